The lowest BCUT2D eigenvalue weighted by Crippen LogP contribution is -2.06. The molecule has 0 saturated heterocycles. The molecular formula is C17H32O2. The van der Waals surface area contributed by atoms with E-state index in [1.807, 2.05) is 13.0 Å². The molecule has 0 unspecified atom stereocenters. The molecule has 0 aromatic carbocycles. The molecule has 0 N–H and O–H groups in total. The summed E-state index contributed by atoms with van der Waals surface area (Å²) >= 11 is 0. The third-order valence-corrected chi connectivity index (χ3v) is 3.24. The molecule has 2 heteroatoms. The van der Waals surface area contributed by atoms with E-state index in [4.69, 9.17) is 4.74 Å². The molecule has 0 fully saturated rings. The zero-order valence-corrected chi connectivity index (χ0v) is 13.3. The Morgan fingerprint density at radius 2 is 1.79 bits per heavy atom. The molecule has 0 rings (SSSR count). The van der Waals surface area contributed by atoms with Crippen molar-refractivity contribution < 1.29 is 9.53 Å². The Labute approximate surface area is 119 Å². The fraction of sp³-hybridized carbons (Fsp3) is 0.824. The van der Waals surface area contributed by atoms with Crippen molar-refractivity contribution >= 4 is 5.97 Å². The van der Waals surface area contributed by atoms with E-state index in [0.717, 1.165) is 30.8 Å². The molecule has 0 aromatic heterocycles. The van der Waals surface area contributed by atoms with Gasteiger partial charge in [-0.3, -0.25) is 0 Å². The molecule has 0 aliphatic carbocycles. The molecule has 0 radical (unpaired) electrons. The van der Waals surface area contributed by atoms with Gasteiger partial charge in [-0.05, 0) is 32.1 Å². The van der Waals surface area contributed by atoms with Crippen LogP contribution in [0.1, 0.15) is 79.1 Å². The number of unbranched alkanes of at least 4 members (excludes halogenated alkanes) is 5. The SMILES string of the molecule is CCCCOC(=O)/C(C)=C/CCCCCCC(C)C. The smallest absolute Gasteiger partial charge is 0.333 e. The summed E-state index contributed by atoms with van der Waals surface area (Å²) in [5, 5.41) is 0. The van der Waals surface area contributed by atoms with Crippen LogP contribution in [0.5, 0.6) is 0 Å². The van der Waals surface area contributed by atoms with E-state index in [-0.39, 0.29) is 5.97 Å². The van der Waals surface area contributed by atoms with Gasteiger partial charge in [0.15, 0.2) is 0 Å². The summed E-state index contributed by atoms with van der Waals surface area (Å²) in [7, 11) is 0. The quantitative estimate of drug-likeness (QED) is 0.290. The van der Waals surface area contributed by atoms with Crippen molar-refractivity contribution in [3.05, 3.63) is 11.6 Å². The largest absolute Gasteiger partial charge is 0.462 e. The van der Waals surface area contributed by atoms with Crippen LogP contribution in [0.2, 0.25) is 0 Å². The molecule has 2 nitrogen and oxygen atoms in total. The number of esters is 1. The van der Waals surface area contributed by atoms with E-state index in [2.05, 4.69) is 20.8 Å². The molecule has 0 bridgehead atoms. The normalized spacial score (nSPS) is 11.9. The maximum Gasteiger partial charge on any atom is 0.333 e. The average molecular weight is 268 g/mol. The van der Waals surface area contributed by atoms with E-state index in [1.165, 1.54) is 32.1 Å². The van der Waals surface area contributed by atoms with E-state index in [1.54, 1.807) is 0 Å². The van der Waals surface area contributed by atoms with Gasteiger partial charge in [-0.1, -0.05) is 59.0 Å². The molecular weight excluding hydrogens is 236 g/mol. The van der Waals surface area contributed by atoms with Gasteiger partial charge >= 0.3 is 5.97 Å². The van der Waals surface area contributed by atoms with Gasteiger partial charge in [0.05, 0.1) is 6.61 Å². The van der Waals surface area contributed by atoms with Crippen LogP contribution < -0.4 is 0 Å². The predicted octanol–water partition coefficient (Wildman–Crippen LogP) is 5.27. The first-order valence-electron chi connectivity index (χ1n) is 7.91. The van der Waals surface area contributed by atoms with Crippen LogP contribution in [0, 0.1) is 5.92 Å². The summed E-state index contributed by atoms with van der Waals surface area (Å²) in [5.74, 6) is 0.674. The summed E-state index contributed by atoms with van der Waals surface area (Å²) in [6.07, 6.45) is 11.5. The third kappa shape index (κ3) is 12.0. The Kier molecular flexibility index (Phi) is 11.7. The Hall–Kier alpha value is -0.790. The molecule has 19 heavy (non-hydrogen) atoms. The van der Waals surface area contributed by atoms with Crippen molar-refractivity contribution in [2.75, 3.05) is 6.61 Å². The maximum absolute atomic E-state index is 11.6. The average Bonchev–Trinajstić information content (AvgIpc) is 2.37. The summed E-state index contributed by atoms with van der Waals surface area (Å²) in [6.45, 7) is 9.05. The number of carbonyl (C=O) groups excluding carboxylic acids is 1. The maximum atomic E-state index is 11.6. The van der Waals surface area contributed by atoms with E-state index in [0.29, 0.717) is 6.61 Å². The van der Waals surface area contributed by atoms with Gasteiger partial charge in [0.1, 0.15) is 0 Å². The monoisotopic (exact) mass is 268 g/mol. The Morgan fingerprint density at radius 3 is 2.42 bits per heavy atom. The lowest BCUT2D eigenvalue weighted by molar-refractivity contribution is -0.139. The number of ether oxygens (including phenoxy) is 1. The topological polar surface area (TPSA) is 26.3 Å². The van der Waals surface area contributed by atoms with Gasteiger partial charge in [-0.15, -0.1) is 0 Å². The minimum atomic E-state index is -0.145. The molecule has 0 saturated carbocycles. The first kappa shape index (κ1) is 18.2. The number of hydrogen-bond acceptors (Lipinski definition) is 2. The molecule has 0 atom stereocenters. The summed E-state index contributed by atoms with van der Waals surface area (Å²) in [4.78, 5) is 11.6. The fourth-order valence-electron chi connectivity index (χ4n) is 1.88. The molecule has 112 valence electrons. The van der Waals surface area contributed by atoms with Crippen LogP contribution in [-0.4, -0.2) is 12.6 Å². The van der Waals surface area contributed by atoms with Crippen LogP contribution in [0.3, 0.4) is 0 Å². The molecule has 0 heterocycles. The number of carbonyl (C=O) groups is 1. The molecule has 0 aliphatic rings. The Balaban J connectivity index is 3.55. The minimum absolute atomic E-state index is 0.145. The van der Waals surface area contributed by atoms with E-state index in [9.17, 15) is 4.79 Å². The number of hydrogen-bond donors (Lipinski definition) is 0. The van der Waals surface area contributed by atoms with Crippen LogP contribution in [0.15, 0.2) is 11.6 Å². The zero-order valence-electron chi connectivity index (χ0n) is 13.3. The standard InChI is InChI=1S/C17H32O2/c1-5-6-14-19-17(18)16(4)13-11-9-7-8-10-12-15(2)3/h13,15H,5-12,14H2,1-4H3/b16-13+. The second-order valence-corrected chi connectivity index (χ2v) is 5.76. The minimum Gasteiger partial charge on any atom is -0.462 e. The predicted molar refractivity (Wildman–Crippen MR) is 82.2 cm³/mol. The van der Waals surface area contributed by atoms with Gasteiger partial charge in [0, 0.05) is 5.57 Å². The zero-order chi connectivity index (χ0) is 14.5. The van der Waals surface area contributed by atoms with Crippen LogP contribution in [0.4, 0.5) is 0 Å². The van der Waals surface area contributed by atoms with Crippen molar-refractivity contribution in [2.24, 2.45) is 5.92 Å². The third-order valence-electron chi connectivity index (χ3n) is 3.24. The van der Waals surface area contributed by atoms with Crippen molar-refractivity contribution in [1.29, 1.82) is 0 Å². The Bertz CT molecular complexity index is 254. The van der Waals surface area contributed by atoms with E-state index >= 15 is 0 Å². The van der Waals surface area contributed by atoms with Gasteiger partial charge in [0.25, 0.3) is 0 Å². The van der Waals surface area contributed by atoms with Gasteiger partial charge in [-0.2, -0.15) is 0 Å². The number of allylic oxidation sites excluding steroid dienone is 1. The first-order valence-corrected chi connectivity index (χ1v) is 7.91. The molecule has 0 aliphatic heterocycles. The highest BCUT2D eigenvalue weighted by Gasteiger charge is 2.04. The second-order valence-electron chi connectivity index (χ2n) is 5.76. The summed E-state index contributed by atoms with van der Waals surface area (Å²) in [6, 6.07) is 0. The second kappa shape index (κ2) is 12.3. The highest BCUT2D eigenvalue weighted by atomic mass is 16.5. The molecule has 0 aromatic rings. The van der Waals surface area contributed by atoms with Crippen LogP contribution >= 0.6 is 0 Å². The van der Waals surface area contributed by atoms with Gasteiger partial charge in [-0.25, -0.2) is 4.79 Å². The van der Waals surface area contributed by atoms with Gasteiger partial charge < -0.3 is 4.74 Å². The lowest BCUT2D eigenvalue weighted by Gasteiger charge is -2.05. The van der Waals surface area contributed by atoms with Crippen LogP contribution in [0.25, 0.3) is 0 Å². The van der Waals surface area contributed by atoms with E-state index < -0.39 is 0 Å². The lowest BCUT2D eigenvalue weighted by atomic mass is 10.0. The summed E-state index contributed by atoms with van der Waals surface area (Å²) < 4.78 is 5.16. The van der Waals surface area contributed by atoms with Crippen molar-refractivity contribution in [3.63, 3.8) is 0 Å². The van der Waals surface area contributed by atoms with Crippen molar-refractivity contribution in [1.82, 2.24) is 0 Å². The van der Waals surface area contributed by atoms with Gasteiger partial charge in [0.2, 0.25) is 0 Å². The highest BCUT2D eigenvalue weighted by Crippen LogP contribution is 2.11. The summed E-state index contributed by atoms with van der Waals surface area (Å²) in [5.41, 5.74) is 0.762. The molecule has 0 spiro atoms. The molecule has 0 amide bonds. The van der Waals surface area contributed by atoms with Crippen molar-refractivity contribution in [3.8, 4) is 0 Å². The van der Waals surface area contributed by atoms with Crippen LogP contribution in [-0.2, 0) is 9.53 Å². The Morgan fingerprint density at radius 1 is 1.11 bits per heavy atom. The van der Waals surface area contributed by atoms with Crippen molar-refractivity contribution in [2.45, 2.75) is 79.1 Å². The fourth-order valence-corrected chi connectivity index (χ4v) is 1.88. The first-order chi connectivity index (χ1) is 9.07. The number of rotatable bonds is 11. The highest BCUT2D eigenvalue weighted by molar-refractivity contribution is 5.87.